The van der Waals surface area contributed by atoms with Gasteiger partial charge in [0.25, 0.3) is 0 Å². The largest absolute Gasteiger partial charge is 0.472 e. The summed E-state index contributed by atoms with van der Waals surface area (Å²) in [5.41, 5.74) is 0. The zero-order valence-corrected chi connectivity index (χ0v) is 37.1. The lowest BCUT2D eigenvalue weighted by molar-refractivity contribution is -0.209. The van der Waals surface area contributed by atoms with Crippen molar-refractivity contribution >= 4 is 43.2 Å². The topological polar surface area (TPSA) is 349 Å². The fraction of sp³-hybridized carbons (Fsp3) is 0.714. The molecule has 346 valence electrons. The molecule has 0 heterocycles. The lowest BCUT2D eigenvalue weighted by Crippen LogP contribution is -2.65. The van der Waals surface area contributed by atoms with Gasteiger partial charge in [-0.05, 0) is 48.9 Å². The smallest absolute Gasteiger partial charge is 0.456 e. The average Bonchev–Trinajstić information content (AvgIpc) is 3.14. The number of esters is 2. The highest BCUT2D eigenvalue weighted by molar-refractivity contribution is 7.47. The van der Waals surface area contributed by atoms with Gasteiger partial charge in [0, 0.05) is 12.3 Å². The van der Waals surface area contributed by atoms with Gasteiger partial charge < -0.3 is 53.9 Å². The fourth-order valence-corrected chi connectivity index (χ4v) is 8.25. The number of rotatable bonds is 28. The Labute approximate surface area is 354 Å². The molecule has 0 aromatic heterocycles. The highest BCUT2D eigenvalue weighted by Gasteiger charge is 2.59. The number of aliphatic hydroxyl groups is 2. The molecular weight excluding hydrogens is 896 g/mol. The number of hydrogen-bond acceptors (Lipinski definition) is 15. The first kappa shape index (κ1) is 56.6. The van der Waals surface area contributed by atoms with Gasteiger partial charge in [-0.2, -0.15) is 0 Å². The molecule has 22 nitrogen and oxygen atoms in total. The van der Waals surface area contributed by atoms with E-state index in [2.05, 4.69) is 61.9 Å². The molecule has 1 saturated carbocycles. The zero-order chi connectivity index (χ0) is 46.1. The summed E-state index contributed by atoms with van der Waals surface area (Å²) in [6.07, 6.45) is -4.79. The van der Waals surface area contributed by atoms with Gasteiger partial charge >= 0.3 is 43.2 Å². The zero-order valence-electron chi connectivity index (χ0n) is 33.5. The van der Waals surface area contributed by atoms with Gasteiger partial charge in [-0.1, -0.05) is 89.9 Å². The van der Waals surface area contributed by atoms with E-state index in [1.807, 2.05) is 5.92 Å². The summed E-state index contributed by atoms with van der Waals surface area (Å²) in [5.74, 6) is 16.4. The van der Waals surface area contributed by atoms with Crippen molar-refractivity contribution in [3.8, 4) is 47.4 Å². The molecule has 0 aliphatic heterocycles. The SMILES string of the molecule is CC#CC#CC#CC#CC(=O)OC[C@H](COP(=O)(O)OC1C(O)[C@H](OP(=O)(O)O)[C@H](OP(=O)(O)O)C(OP(=O)(O)O)[C@@H]1O)OC(=O)CCCCCCCCCCCCCCC. The summed E-state index contributed by atoms with van der Waals surface area (Å²) in [6, 6.07) is 0. The molecule has 9 N–H and O–H groups in total. The van der Waals surface area contributed by atoms with Crippen LogP contribution in [0.5, 0.6) is 0 Å². The molecule has 0 spiro atoms. The monoisotopic (exact) mass is 950 g/mol. The second kappa shape index (κ2) is 29.1. The van der Waals surface area contributed by atoms with Crippen LogP contribution in [0.1, 0.15) is 104 Å². The molecule has 1 rings (SSSR count). The normalized spacial score (nSPS) is 21.7. The van der Waals surface area contributed by atoms with Gasteiger partial charge in [-0.3, -0.25) is 27.4 Å². The van der Waals surface area contributed by atoms with E-state index in [9.17, 15) is 72.3 Å². The van der Waals surface area contributed by atoms with E-state index < -0.39 is 99.2 Å². The van der Waals surface area contributed by atoms with Crippen LogP contribution in [-0.2, 0) is 59.9 Å². The second-order valence-corrected chi connectivity index (χ2v) is 18.3. The first-order valence-corrected chi connectivity index (χ1v) is 25.1. The van der Waals surface area contributed by atoms with Crippen LogP contribution >= 0.6 is 31.3 Å². The third-order valence-electron chi connectivity index (χ3n) is 8.23. The van der Waals surface area contributed by atoms with Crippen LogP contribution in [0.2, 0.25) is 0 Å². The van der Waals surface area contributed by atoms with Crippen molar-refractivity contribution in [3.63, 3.8) is 0 Å². The van der Waals surface area contributed by atoms with Crippen molar-refractivity contribution in [1.29, 1.82) is 0 Å². The number of carbonyl (C=O) groups excluding carboxylic acids is 2. The number of carbonyl (C=O) groups is 2. The molecule has 8 atom stereocenters. The van der Waals surface area contributed by atoms with Crippen molar-refractivity contribution in [2.75, 3.05) is 13.2 Å². The summed E-state index contributed by atoms with van der Waals surface area (Å²) in [4.78, 5) is 91.6. The lowest BCUT2D eigenvalue weighted by Gasteiger charge is -2.45. The third-order valence-corrected chi connectivity index (χ3v) is 10.8. The van der Waals surface area contributed by atoms with Crippen LogP contribution < -0.4 is 0 Å². The number of phosphoric acid groups is 4. The van der Waals surface area contributed by atoms with Crippen molar-refractivity contribution < 1.29 is 104 Å². The van der Waals surface area contributed by atoms with E-state index in [1.165, 1.54) is 38.5 Å². The lowest BCUT2D eigenvalue weighted by atomic mass is 9.85. The Hall–Kier alpha value is -2.46. The molecule has 1 aliphatic carbocycles. The Kier molecular flexibility index (Phi) is 27.0. The Morgan fingerprint density at radius 1 is 0.557 bits per heavy atom. The summed E-state index contributed by atoms with van der Waals surface area (Å²) in [6.45, 7) is 1.79. The second-order valence-electron chi connectivity index (χ2n) is 13.3. The molecule has 4 unspecified atom stereocenters. The van der Waals surface area contributed by atoms with Gasteiger partial charge in [0.15, 0.2) is 6.10 Å². The maximum absolute atomic E-state index is 13.1. The average molecular weight is 951 g/mol. The number of hydrogen-bond donors (Lipinski definition) is 9. The fourth-order valence-electron chi connectivity index (χ4n) is 5.60. The predicted octanol–water partition coefficient (Wildman–Crippen LogP) is 2.63. The van der Waals surface area contributed by atoms with Crippen LogP contribution in [0, 0.1) is 47.4 Å². The number of unbranched alkanes of at least 4 members (excludes halogenated alkanes) is 12. The van der Waals surface area contributed by atoms with Crippen LogP contribution in [-0.4, -0.2) is 112 Å². The van der Waals surface area contributed by atoms with Gasteiger partial charge in [0.05, 0.1) is 6.61 Å². The number of aliphatic hydroxyl groups excluding tert-OH is 2. The minimum atomic E-state index is -5.80. The van der Waals surface area contributed by atoms with Crippen molar-refractivity contribution in [2.24, 2.45) is 0 Å². The van der Waals surface area contributed by atoms with Gasteiger partial charge in [-0.15, -0.1) is 0 Å². The number of phosphoric ester groups is 4. The first-order chi connectivity index (χ1) is 28.5. The standard InChI is InChI=1S/C35H54O22P4/c1-3-5-7-9-11-12-13-14-15-16-18-20-22-24-29(37)53-27(25-51-28(36)23-21-19-17-10-8-6-4-2)26-52-61(49,50)57-32-30(38)33(54-58(40,41)42)35(56-60(46,47)48)34(31(32)39)55-59(43,44)45/h27,30-35,38-39H,3,5,7,9,11-16,18,20,22,24-26H2,1-2H3,(H,49,50)(H2,40,41,42)(H2,43,44,45)(H2,46,47,48)/t27-,30-,31?,32?,33?,34+,35-/m1/s1. The van der Waals surface area contributed by atoms with Crippen LogP contribution in [0.3, 0.4) is 0 Å². The summed E-state index contributed by atoms with van der Waals surface area (Å²) >= 11 is 0. The van der Waals surface area contributed by atoms with E-state index >= 15 is 0 Å². The van der Waals surface area contributed by atoms with Gasteiger partial charge in [-0.25, -0.2) is 23.1 Å². The van der Waals surface area contributed by atoms with Crippen molar-refractivity contribution in [2.45, 2.75) is 146 Å². The van der Waals surface area contributed by atoms with Crippen LogP contribution in [0.4, 0.5) is 0 Å². The third kappa shape index (κ3) is 27.4. The minimum absolute atomic E-state index is 0.117. The molecule has 0 saturated heterocycles. The van der Waals surface area contributed by atoms with Crippen LogP contribution in [0.15, 0.2) is 0 Å². The Balaban J connectivity index is 3.08. The molecular formula is C35H54O22P4. The summed E-state index contributed by atoms with van der Waals surface area (Å²) in [5, 5.41) is 21.7. The Bertz CT molecular complexity index is 1790. The Morgan fingerprint density at radius 2 is 0.984 bits per heavy atom. The molecule has 0 radical (unpaired) electrons. The molecule has 26 heteroatoms. The molecule has 0 bridgehead atoms. The van der Waals surface area contributed by atoms with E-state index in [0.29, 0.717) is 12.8 Å². The van der Waals surface area contributed by atoms with E-state index in [0.717, 1.165) is 32.1 Å². The first-order valence-electron chi connectivity index (χ1n) is 19.0. The van der Waals surface area contributed by atoms with Gasteiger partial charge in [0.1, 0.15) is 43.2 Å². The van der Waals surface area contributed by atoms with E-state index in [-0.39, 0.29) is 6.42 Å². The Morgan fingerprint density at radius 3 is 1.44 bits per heavy atom. The highest BCUT2D eigenvalue weighted by Crippen LogP contribution is 2.53. The predicted molar refractivity (Wildman–Crippen MR) is 211 cm³/mol. The minimum Gasteiger partial charge on any atom is -0.456 e. The molecule has 0 amide bonds. The van der Waals surface area contributed by atoms with E-state index in [4.69, 9.17) is 18.5 Å². The maximum Gasteiger partial charge on any atom is 0.472 e. The quantitative estimate of drug-likeness (QED) is 0.0179. The van der Waals surface area contributed by atoms with Gasteiger partial charge in [0.2, 0.25) is 0 Å². The van der Waals surface area contributed by atoms with Crippen molar-refractivity contribution in [1.82, 2.24) is 0 Å². The summed E-state index contributed by atoms with van der Waals surface area (Å²) in [7, 11) is -23.1. The van der Waals surface area contributed by atoms with Crippen LogP contribution in [0.25, 0.3) is 0 Å². The maximum atomic E-state index is 13.1. The number of ether oxygens (including phenoxy) is 2. The summed E-state index contributed by atoms with van der Waals surface area (Å²) < 4.78 is 80.9. The highest BCUT2D eigenvalue weighted by atomic mass is 31.2. The van der Waals surface area contributed by atoms with Crippen molar-refractivity contribution in [3.05, 3.63) is 0 Å². The van der Waals surface area contributed by atoms with E-state index in [1.54, 1.807) is 6.92 Å². The molecule has 1 aliphatic rings. The molecule has 0 aromatic rings. The molecule has 61 heavy (non-hydrogen) atoms. The molecule has 1 fully saturated rings. The molecule has 0 aromatic carbocycles.